The van der Waals surface area contributed by atoms with Crippen molar-refractivity contribution in [2.75, 3.05) is 6.54 Å². The number of unbranched alkanes of at least 4 members (excludes halogenated alkanes) is 1. The Morgan fingerprint density at radius 2 is 2.16 bits per heavy atom. The maximum atomic E-state index is 8.64. The maximum Gasteiger partial charge on any atom is 0.0622 e. The molecular weight excluding hydrogens is 234 g/mol. The molecule has 2 aromatic rings. The normalized spacial score (nSPS) is 10.7. The molecule has 0 saturated carbocycles. The quantitative estimate of drug-likeness (QED) is 0.770. The van der Waals surface area contributed by atoms with E-state index >= 15 is 0 Å². The number of hydrogen-bond acceptors (Lipinski definition) is 2. The molecule has 1 aromatic heterocycles. The van der Waals surface area contributed by atoms with Crippen LogP contribution in [0.25, 0.3) is 10.9 Å². The van der Waals surface area contributed by atoms with Gasteiger partial charge in [0, 0.05) is 36.6 Å². The van der Waals surface area contributed by atoms with E-state index in [4.69, 9.17) is 5.26 Å². The van der Waals surface area contributed by atoms with E-state index in [-0.39, 0.29) is 0 Å². The lowest BCUT2D eigenvalue weighted by atomic mass is 10.2. The van der Waals surface area contributed by atoms with Crippen LogP contribution in [0.2, 0.25) is 0 Å². The van der Waals surface area contributed by atoms with Gasteiger partial charge in [-0.1, -0.05) is 25.1 Å². The van der Waals surface area contributed by atoms with Gasteiger partial charge in [0.25, 0.3) is 0 Å². The summed E-state index contributed by atoms with van der Waals surface area (Å²) in [5.74, 6) is 0. The highest BCUT2D eigenvalue weighted by molar-refractivity contribution is 5.83. The fourth-order valence-corrected chi connectivity index (χ4v) is 2.38. The summed E-state index contributed by atoms with van der Waals surface area (Å²) in [6.45, 7) is 5.06. The number of benzene rings is 1. The Hall–Kier alpha value is -1.79. The molecule has 0 atom stereocenters. The van der Waals surface area contributed by atoms with Crippen molar-refractivity contribution < 1.29 is 0 Å². The molecule has 19 heavy (non-hydrogen) atoms. The zero-order chi connectivity index (χ0) is 13.5. The first-order chi connectivity index (χ1) is 9.36. The number of nitrogens with zero attached hydrogens (tertiary/aromatic N) is 2. The number of rotatable bonds is 7. The van der Waals surface area contributed by atoms with Crippen molar-refractivity contribution in [3.8, 4) is 6.07 Å². The zero-order valence-electron chi connectivity index (χ0n) is 11.5. The van der Waals surface area contributed by atoms with Crippen LogP contribution in [0.4, 0.5) is 0 Å². The van der Waals surface area contributed by atoms with Gasteiger partial charge < -0.3 is 9.88 Å². The predicted molar refractivity (Wildman–Crippen MR) is 78.8 cm³/mol. The zero-order valence-corrected chi connectivity index (χ0v) is 11.5. The summed E-state index contributed by atoms with van der Waals surface area (Å²) in [6, 6.07) is 10.7. The van der Waals surface area contributed by atoms with E-state index in [1.165, 1.54) is 16.5 Å². The van der Waals surface area contributed by atoms with E-state index in [9.17, 15) is 0 Å². The molecule has 100 valence electrons. The van der Waals surface area contributed by atoms with Gasteiger partial charge in [-0.15, -0.1) is 0 Å². The minimum Gasteiger partial charge on any atom is -0.347 e. The van der Waals surface area contributed by atoms with Crippen LogP contribution in [-0.2, 0) is 13.1 Å². The highest BCUT2D eigenvalue weighted by Crippen LogP contribution is 2.21. The molecule has 0 saturated heterocycles. The lowest BCUT2D eigenvalue weighted by Crippen LogP contribution is -2.13. The topological polar surface area (TPSA) is 40.8 Å². The van der Waals surface area contributed by atoms with Crippen LogP contribution < -0.4 is 5.32 Å². The molecule has 0 spiro atoms. The van der Waals surface area contributed by atoms with Gasteiger partial charge in [0.2, 0.25) is 0 Å². The summed E-state index contributed by atoms with van der Waals surface area (Å²) in [7, 11) is 0. The van der Waals surface area contributed by atoms with Gasteiger partial charge in [0.1, 0.15) is 0 Å². The Morgan fingerprint density at radius 1 is 1.32 bits per heavy atom. The summed E-state index contributed by atoms with van der Waals surface area (Å²) in [6.07, 6.45) is 4.92. The first-order valence-corrected chi connectivity index (χ1v) is 7.01. The Kier molecular flexibility index (Phi) is 5.00. The monoisotopic (exact) mass is 255 g/mol. The van der Waals surface area contributed by atoms with Crippen LogP contribution >= 0.6 is 0 Å². The third kappa shape index (κ3) is 3.36. The van der Waals surface area contributed by atoms with Crippen molar-refractivity contribution in [3.05, 3.63) is 36.0 Å². The minimum absolute atomic E-state index is 0.621. The van der Waals surface area contributed by atoms with Crippen LogP contribution in [0.5, 0.6) is 0 Å². The van der Waals surface area contributed by atoms with Gasteiger partial charge >= 0.3 is 0 Å². The Labute approximate surface area is 114 Å². The standard InChI is InChI=1S/C16H21N3/c1-2-10-18-12-14-13-19(11-6-5-9-17)16-8-4-3-7-15(14)16/h3-4,7-8,13,18H,2,5-6,10-12H2,1H3. The molecule has 0 unspecified atom stereocenters. The molecule has 0 aliphatic heterocycles. The summed E-state index contributed by atoms with van der Waals surface area (Å²) >= 11 is 0. The molecule has 0 radical (unpaired) electrons. The Balaban J connectivity index is 2.19. The number of fused-ring (bicyclic) bond motifs is 1. The molecule has 0 fully saturated rings. The van der Waals surface area contributed by atoms with Gasteiger partial charge in [-0.25, -0.2) is 0 Å². The van der Waals surface area contributed by atoms with Crippen molar-refractivity contribution in [1.29, 1.82) is 5.26 Å². The fraction of sp³-hybridized carbons (Fsp3) is 0.438. The largest absolute Gasteiger partial charge is 0.347 e. The smallest absolute Gasteiger partial charge is 0.0622 e. The summed E-state index contributed by atoms with van der Waals surface area (Å²) < 4.78 is 2.27. The molecule has 0 amide bonds. The third-order valence-corrected chi connectivity index (χ3v) is 3.30. The Morgan fingerprint density at radius 3 is 2.95 bits per heavy atom. The van der Waals surface area contributed by atoms with Crippen LogP contribution in [0.3, 0.4) is 0 Å². The van der Waals surface area contributed by atoms with Crippen LogP contribution in [0.15, 0.2) is 30.5 Å². The van der Waals surface area contributed by atoms with Crippen molar-refractivity contribution >= 4 is 10.9 Å². The van der Waals surface area contributed by atoms with E-state index in [2.05, 4.69) is 53.3 Å². The first-order valence-electron chi connectivity index (χ1n) is 7.01. The average molecular weight is 255 g/mol. The Bertz CT molecular complexity index is 563. The van der Waals surface area contributed by atoms with Crippen LogP contribution in [-0.4, -0.2) is 11.1 Å². The van der Waals surface area contributed by atoms with E-state index in [0.717, 1.165) is 32.5 Å². The molecule has 1 heterocycles. The molecule has 3 nitrogen and oxygen atoms in total. The third-order valence-electron chi connectivity index (χ3n) is 3.30. The molecule has 0 aliphatic rings. The van der Waals surface area contributed by atoms with Crippen molar-refractivity contribution in [2.45, 2.75) is 39.3 Å². The van der Waals surface area contributed by atoms with Crippen molar-refractivity contribution in [3.63, 3.8) is 0 Å². The van der Waals surface area contributed by atoms with E-state index in [1.807, 2.05) is 0 Å². The van der Waals surface area contributed by atoms with Crippen molar-refractivity contribution in [1.82, 2.24) is 9.88 Å². The van der Waals surface area contributed by atoms with E-state index in [0.29, 0.717) is 6.42 Å². The number of nitrogens with one attached hydrogen (secondary N) is 1. The molecule has 0 bridgehead atoms. The SMILES string of the molecule is CCCNCc1cn(CCCC#N)c2ccccc12. The highest BCUT2D eigenvalue weighted by atomic mass is 15.0. The minimum atomic E-state index is 0.621. The van der Waals surface area contributed by atoms with Gasteiger partial charge in [-0.2, -0.15) is 5.26 Å². The van der Waals surface area contributed by atoms with Gasteiger partial charge in [0.05, 0.1) is 6.07 Å². The molecule has 1 N–H and O–H groups in total. The highest BCUT2D eigenvalue weighted by Gasteiger charge is 2.07. The van der Waals surface area contributed by atoms with E-state index < -0.39 is 0 Å². The lowest BCUT2D eigenvalue weighted by molar-refractivity contribution is 0.657. The number of nitriles is 1. The van der Waals surface area contributed by atoms with Gasteiger partial charge in [-0.3, -0.25) is 0 Å². The fourth-order valence-electron chi connectivity index (χ4n) is 2.38. The number of aryl methyl sites for hydroxylation is 1. The molecule has 3 heteroatoms. The molecule has 1 aromatic carbocycles. The summed E-state index contributed by atoms with van der Waals surface area (Å²) in [5.41, 5.74) is 2.62. The van der Waals surface area contributed by atoms with Crippen LogP contribution in [0.1, 0.15) is 31.7 Å². The molecule has 0 aliphatic carbocycles. The second-order valence-corrected chi connectivity index (χ2v) is 4.80. The van der Waals surface area contributed by atoms with E-state index in [1.54, 1.807) is 0 Å². The van der Waals surface area contributed by atoms with Gasteiger partial charge in [-0.05, 0) is 31.0 Å². The number of aromatic nitrogens is 1. The summed E-state index contributed by atoms with van der Waals surface area (Å²) in [5, 5.41) is 13.4. The number of para-hydroxylation sites is 1. The predicted octanol–water partition coefficient (Wildman–Crippen LogP) is 3.44. The maximum absolute atomic E-state index is 8.64. The number of hydrogen-bond donors (Lipinski definition) is 1. The molecule has 2 rings (SSSR count). The lowest BCUT2D eigenvalue weighted by Gasteiger charge is -2.02. The second kappa shape index (κ2) is 6.96. The van der Waals surface area contributed by atoms with Crippen molar-refractivity contribution in [2.24, 2.45) is 0 Å². The molecular formula is C16H21N3. The van der Waals surface area contributed by atoms with Crippen LogP contribution in [0, 0.1) is 11.3 Å². The first kappa shape index (κ1) is 13.6. The average Bonchev–Trinajstić information content (AvgIpc) is 2.79. The summed E-state index contributed by atoms with van der Waals surface area (Å²) in [4.78, 5) is 0. The second-order valence-electron chi connectivity index (χ2n) is 4.80. The van der Waals surface area contributed by atoms with Gasteiger partial charge in [0.15, 0.2) is 0 Å².